The maximum Gasteiger partial charge on any atom is 0.239 e. The molecule has 3 heterocycles. The minimum absolute atomic E-state index is 0. The smallest absolute Gasteiger partial charge is 0.239 e. The summed E-state index contributed by atoms with van der Waals surface area (Å²) in [6.45, 7) is 2.83. The molecular formula is C15H25Cl2N5O. The Balaban J connectivity index is 0.00000132. The van der Waals surface area contributed by atoms with Gasteiger partial charge in [0, 0.05) is 32.4 Å². The Hall–Kier alpha value is -1.11. The van der Waals surface area contributed by atoms with E-state index in [4.69, 9.17) is 0 Å². The SMILES string of the molecule is CN(C(=O)C1CCCN1)C1CCN(c2cccnn2)CC1.Cl.Cl. The highest BCUT2D eigenvalue weighted by Gasteiger charge is 2.31. The van der Waals surface area contributed by atoms with Gasteiger partial charge in [-0.25, -0.2) is 0 Å². The highest BCUT2D eigenvalue weighted by molar-refractivity contribution is 5.85. The third-order valence-corrected chi connectivity index (χ3v) is 4.60. The van der Waals surface area contributed by atoms with Gasteiger partial charge in [0.2, 0.25) is 5.91 Å². The molecule has 23 heavy (non-hydrogen) atoms. The highest BCUT2D eigenvalue weighted by atomic mass is 35.5. The summed E-state index contributed by atoms with van der Waals surface area (Å²) in [5, 5.41) is 11.4. The number of nitrogens with one attached hydrogen (secondary N) is 1. The van der Waals surface area contributed by atoms with Crippen molar-refractivity contribution in [2.75, 3.05) is 31.6 Å². The Kier molecular flexibility index (Phi) is 8.02. The van der Waals surface area contributed by atoms with E-state index in [0.29, 0.717) is 6.04 Å². The molecule has 0 spiro atoms. The molecule has 0 bridgehead atoms. The van der Waals surface area contributed by atoms with Crippen LogP contribution in [-0.4, -0.2) is 59.8 Å². The van der Waals surface area contributed by atoms with Crippen LogP contribution in [0.1, 0.15) is 25.7 Å². The van der Waals surface area contributed by atoms with Crippen LogP contribution in [0.5, 0.6) is 0 Å². The fraction of sp³-hybridized carbons (Fsp3) is 0.667. The zero-order valence-electron chi connectivity index (χ0n) is 13.4. The average molecular weight is 362 g/mol. The number of nitrogens with zero attached hydrogens (tertiary/aromatic N) is 4. The van der Waals surface area contributed by atoms with Gasteiger partial charge in [-0.05, 0) is 44.4 Å². The van der Waals surface area contributed by atoms with Crippen LogP contribution in [0.4, 0.5) is 5.82 Å². The predicted octanol–water partition coefficient (Wildman–Crippen LogP) is 1.50. The first-order valence-electron chi connectivity index (χ1n) is 7.78. The molecule has 1 unspecified atom stereocenters. The molecule has 6 nitrogen and oxygen atoms in total. The zero-order valence-corrected chi connectivity index (χ0v) is 15.0. The molecule has 1 N–H and O–H groups in total. The first kappa shape index (κ1) is 19.9. The van der Waals surface area contributed by atoms with Gasteiger partial charge in [0.05, 0.1) is 6.04 Å². The lowest BCUT2D eigenvalue weighted by Crippen LogP contribution is -2.50. The number of aromatic nitrogens is 2. The molecule has 2 fully saturated rings. The Labute approximate surface area is 149 Å². The summed E-state index contributed by atoms with van der Waals surface area (Å²) in [5.74, 6) is 1.19. The second-order valence-electron chi connectivity index (χ2n) is 5.90. The monoisotopic (exact) mass is 361 g/mol. The van der Waals surface area contributed by atoms with E-state index in [1.807, 2.05) is 24.1 Å². The van der Waals surface area contributed by atoms with Gasteiger partial charge >= 0.3 is 0 Å². The fourth-order valence-electron chi connectivity index (χ4n) is 3.27. The van der Waals surface area contributed by atoms with E-state index in [2.05, 4.69) is 20.4 Å². The van der Waals surface area contributed by atoms with Crippen LogP contribution in [0.15, 0.2) is 18.3 Å². The third-order valence-electron chi connectivity index (χ3n) is 4.60. The van der Waals surface area contributed by atoms with Crippen molar-refractivity contribution >= 4 is 36.5 Å². The molecule has 0 aromatic carbocycles. The predicted molar refractivity (Wildman–Crippen MR) is 95.6 cm³/mol. The number of hydrogen-bond acceptors (Lipinski definition) is 5. The van der Waals surface area contributed by atoms with Crippen LogP contribution in [0, 0.1) is 0 Å². The second kappa shape index (κ2) is 9.25. The van der Waals surface area contributed by atoms with Gasteiger partial charge in [0.1, 0.15) is 0 Å². The number of likely N-dealkylation sites (N-methyl/N-ethyl adjacent to an activating group) is 1. The van der Waals surface area contributed by atoms with Gasteiger partial charge < -0.3 is 15.1 Å². The third kappa shape index (κ3) is 4.68. The van der Waals surface area contributed by atoms with Gasteiger partial charge in [-0.2, -0.15) is 5.10 Å². The lowest BCUT2D eigenvalue weighted by atomic mass is 10.0. The van der Waals surface area contributed by atoms with Gasteiger partial charge in [-0.15, -0.1) is 29.9 Å². The van der Waals surface area contributed by atoms with E-state index in [-0.39, 0.29) is 36.8 Å². The van der Waals surface area contributed by atoms with Crippen molar-refractivity contribution in [3.63, 3.8) is 0 Å². The molecule has 1 amide bonds. The van der Waals surface area contributed by atoms with Crippen LogP contribution in [0.3, 0.4) is 0 Å². The van der Waals surface area contributed by atoms with Crippen molar-refractivity contribution in [1.82, 2.24) is 20.4 Å². The summed E-state index contributed by atoms with van der Waals surface area (Å²) < 4.78 is 0. The molecule has 2 saturated heterocycles. The van der Waals surface area contributed by atoms with E-state index in [0.717, 1.165) is 51.1 Å². The molecule has 130 valence electrons. The minimum atomic E-state index is 0. The van der Waals surface area contributed by atoms with Crippen molar-refractivity contribution in [2.24, 2.45) is 0 Å². The molecule has 2 aliphatic heterocycles. The molecule has 0 aliphatic carbocycles. The van der Waals surface area contributed by atoms with E-state index < -0.39 is 0 Å². The Bertz CT molecular complexity index is 476. The van der Waals surface area contributed by atoms with E-state index in [9.17, 15) is 4.79 Å². The number of hydrogen-bond donors (Lipinski definition) is 1. The van der Waals surface area contributed by atoms with Gasteiger partial charge in [-0.3, -0.25) is 4.79 Å². The molecule has 1 aromatic rings. The second-order valence-corrected chi connectivity index (χ2v) is 5.90. The average Bonchev–Trinajstić information content (AvgIpc) is 3.09. The normalized spacial score (nSPS) is 21.3. The maximum absolute atomic E-state index is 12.4. The standard InChI is InChI=1S/C15H23N5O.2ClH/c1-19(15(21)13-4-2-8-16-13)12-6-10-20(11-7-12)14-5-3-9-17-18-14;;/h3,5,9,12-13,16H,2,4,6-8,10-11H2,1H3;2*1H. The van der Waals surface area contributed by atoms with Crippen LogP contribution < -0.4 is 10.2 Å². The number of piperidine rings is 1. The number of anilines is 1. The number of amides is 1. The Morgan fingerprint density at radius 2 is 2.04 bits per heavy atom. The number of rotatable bonds is 3. The summed E-state index contributed by atoms with van der Waals surface area (Å²) in [4.78, 5) is 16.6. The molecule has 3 rings (SSSR count). The lowest BCUT2D eigenvalue weighted by molar-refractivity contribution is -0.134. The van der Waals surface area contributed by atoms with Crippen molar-refractivity contribution < 1.29 is 4.79 Å². The van der Waals surface area contributed by atoms with Crippen LogP contribution in [0.25, 0.3) is 0 Å². The topological polar surface area (TPSA) is 61.4 Å². The Morgan fingerprint density at radius 1 is 1.30 bits per heavy atom. The minimum Gasteiger partial charge on any atom is -0.355 e. The first-order chi connectivity index (χ1) is 10.3. The zero-order chi connectivity index (χ0) is 14.7. The van der Waals surface area contributed by atoms with Crippen molar-refractivity contribution in [3.05, 3.63) is 18.3 Å². The highest BCUT2D eigenvalue weighted by Crippen LogP contribution is 2.21. The molecular weight excluding hydrogens is 337 g/mol. The van der Waals surface area contributed by atoms with Crippen molar-refractivity contribution in [3.8, 4) is 0 Å². The Morgan fingerprint density at radius 3 is 2.61 bits per heavy atom. The van der Waals surface area contributed by atoms with Gasteiger partial charge in [-0.1, -0.05) is 0 Å². The summed E-state index contributed by atoms with van der Waals surface area (Å²) >= 11 is 0. The van der Waals surface area contributed by atoms with Crippen LogP contribution >= 0.6 is 24.8 Å². The molecule has 0 saturated carbocycles. The maximum atomic E-state index is 12.4. The molecule has 1 aromatic heterocycles. The molecule has 0 radical (unpaired) electrons. The van der Waals surface area contributed by atoms with Crippen LogP contribution in [0.2, 0.25) is 0 Å². The van der Waals surface area contributed by atoms with Gasteiger partial charge in [0.15, 0.2) is 5.82 Å². The molecule has 2 aliphatic rings. The number of halogens is 2. The molecule has 8 heteroatoms. The first-order valence-corrected chi connectivity index (χ1v) is 7.78. The molecule has 1 atom stereocenters. The van der Waals surface area contributed by atoms with Crippen LogP contribution in [-0.2, 0) is 4.79 Å². The quantitative estimate of drug-likeness (QED) is 0.883. The number of carbonyl (C=O) groups is 1. The van der Waals surface area contributed by atoms with Crippen molar-refractivity contribution in [2.45, 2.75) is 37.8 Å². The van der Waals surface area contributed by atoms with E-state index in [1.165, 1.54) is 0 Å². The summed E-state index contributed by atoms with van der Waals surface area (Å²) in [6, 6.07) is 4.28. The lowest BCUT2D eigenvalue weighted by Gasteiger charge is -2.37. The van der Waals surface area contributed by atoms with Gasteiger partial charge in [0.25, 0.3) is 0 Å². The summed E-state index contributed by atoms with van der Waals surface area (Å²) in [6.07, 6.45) is 5.76. The largest absolute Gasteiger partial charge is 0.355 e. The van der Waals surface area contributed by atoms with E-state index in [1.54, 1.807) is 6.20 Å². The number of carbonyl (C=O) groups excluding carboxylic acids is 1. The fourth-order valence-corrected chi connectivity index (χ4v) is 3.27. The summed E-state index contributed by atoms with van der Waals surface area (Å²) in [5.41, 5.74) is 0. The van der Waals surface area contributed by atoms with E-state index >= 15 is 0 Å². The summed E-state index contributed by atoms with van der Waals surface area (Å²) in [7, 11) is 1.95. The van der Waals surface area contributed by atoms with Crippen molar-refractivity contribution in [1.29, 1.82) is 0 Å².